The first-order valence-electron chi connectivity index (χ1n) is 5.97. The molecule has 0 fully saturated rings. The van der Waals surface area contributed by atoms with E-state index in [1.54, 1.807) is 6.92 Å². The van der Waals surface area contributed by atoms with Gasteiger partial charge >= 0.3 is 0 Å². The average Bonchev–Trinajstić information content (AvgIpc) is 2.76. The maximum Gasteiger partial charge on any atom is 0.223 e. The molecule has 1 heterocycles. The van der Waals surface area contributed by atoms with Gasteiger partial charge in [-0.3, -0.25) is 0 Å². The van der Waals surface area contributed by atoms with Crippen molar-refractivity contribution in [3.8, 4) is 0 Å². The highest BCUT2D eigenvalue weighted by Gasteiger charge is 2.10. The van der Waals surface area contributed by atoms with Gasteiger partial charge in [-0.25, -0.2) is 0 Å². The summed E-state index contributed by atoms with van der Waals surface area (Å²) < 4.78 is 4.93. The van der Waals surface area contributed by atoms with E-state index in [2.05, 4.69) is 28.4 Å². The molecule has 2 rings (SSSR count). The van der Waals surface area contributed by atoms with Crippen LogP contribution in [0, 0.1) is 6.92 Å². The lowest BCUT2D eigenvalue weighted by Crippen LogP contribution is -2.20. The SMILES string of the molecule is CCC(NCc1noc(C)n1)c1cccc(Cl)c1. The Bertz CT molecular complexity index is 512. The van der Waals surface area contributed by atoms with Gasteiger partial charge in [-0.05, 0) is 24.1 Å². The van der Waals surface area contributed by atoms with Gasteiger partial charge < -0.3 is 9.84 Å². The van der Waals surface area contributed by atoms with E-state index in [1.165, 1.54) is 5.56 Å². The molecular weight excluding hydrogens is 250 g/mol. The Morgan fingerprint density at radius 2 is 2.28 bits per heavy atom. The Hall–Kier alpha value is -1.39. The van der Waals surface area contributed by atoms with Crippen LogP contribution in [0.25, 0.3) is 0 Å². The fourth-order valence-electron chi connectivity index (χ4n) is 1.85. The van der Waals surface area contributed by atoms with Crippen LogP contribution in [0.15, 0.2) is 28.8 Å². The van der Waals surface area contributed by atoms with Gasteiger partial charge in [0.2, 0.25) is 5.89 Å². The molecule has 1 N–H and O–H groups in total. The molecule has 0 spiro atoms. The van der Waals surface area contributed by atoms with Gasteiger partial charge in [-0.15, -0.1) is 0 Å². The van der Waals surface area contributed by atoms with Crippen molar-refractivity contribution < 1.29 is 4.52 Å². The maximum absolute atomic E-state index is 6.00. The van der Waals surface area contributed by atoms with Crippen LogP contribution in [0.5, 0.6) is 0 Å². The van der Waals surface area contributed by atoms with Gasteiger partial charge in [-0.1, -0.05) is 35.8 Å². The van der Waals surface area contributed by atoms with Crippen molar-refractivity contribution in [3.63, 3.8) is 0 Å². The first kappa shape index (κ1) is 13.1. The van der Waals surface area contributed by atoms with Crippen LogP contribution in [-0.4, -0.2) is 10.1 Å². The number of nitrogens with one attached hydrogen (secondary N) is 1. The minimum absolute atomic E-state index is 0.238. The van der Waals surface area contributed by atoms with Crippen LogP contribution in [0.1, 0.15) is 36.7 Å². The van der Waals surface area contributed by atoms with E-state index in [0.29, 0.717) is 18.3 Å². The van der Waals surface area contributed by atoms with Crippen molar-refractivity contribution in [2.45, 2.75) is 32.9 Å². The summed E-state index contributed by atoms with van der Waals surface area (Å²) in [4.78, 5) is 4.16. The molecule has 1 atom stereocenters. The third-order valence-electron chi connectivity index (χ3n) is 2.74. The highest BCUT2D eigenvalue weighted by atomic mass is 35.5. The first-order chi connectivity index (χ1) is 8.69. The molecule has 4 nitrogen and oxygen atoms in total. The number of hydrogen-bond donors (Lipinski definition) is 1. The normalized spacial score (nSPS) is 12.6. The minimum atomic E-state index is 0.238. The molecule has 0 aliphatic carbocycles. The quantitative estimate of drug-likeness (QED) is 0.901. The van der Waals surface area contributed by atoms with E-state index in [4.69, 9.17) is 16.1 Å². The number of halogens is 1. The lowest BCUT2D eigenvalue weighted by atomic mass is 10.0. The van der Waals surface area contributed by atoms with Gasteiger partial charge in [0.05, 0.1) is 6.54 Å². The molecule has 0 bridgehead atoms. The van der Waals surface area contributed by atoms with Crippen LogP contribution in [0.3, 0.4) is 0 Å². The van der Waals surface area contributed by atoms with Crippen LogP contribution < -0.4 is 5.32 Å². The maximum atomic E-state index is 6.00. The topological polar surface area (TPSA) is 51.0 Å². The smallest absolute Gasteiger partial charge is 0.223 e. The average molecular weight is 266 g/mol. The van der Waals surface area contributed by atoms with E-state index in [9.17, 15) is 0 Å². The molecule has 0 radical (unpaired) electrons. The van der Waals surface area contributed by atoms with Gasteiger partial charge in [0.15, 0.2) is 5.82 Å². The minimum Gasteiger partial charge on any atom is -0.340 e. The summed E-state index contributed by atoms with van der Waals surface area (Å²) in [7, 11) is 0. The summed E-state index contributed by atoms with van der Waals surface area (Å²) in [6, 6.07) is 8.11. The zero-order valence-electron chi connectivity index (χ0n) is 10.5. The largest absolute Gasteiger partial charge is 0.340 e. The van der Waals surface area contributed by atoms with Crippen LogP contribution in [0.2, 0.25) is 5.02 Å². The standard InChI is InChI=1S/C13H16ClN3O/c1-3-12(10-5-4-6-11(14)7-10)15-8-13-16-9(2)18-17-13/h4-7,12,15H,3,8H2,1-2H3. The lowest BCUT2D eigenvalue weighted by molar-refractivity contribution is 0.383. The van der Waals surface area contributed by atoms with Crippen molar-refractivity contribution in [2.75, 3.05) is 0 Å². The highest BCUT2D eigenvalue weighted by molar-refractivity contribution is 6.30. The summed E-state index contributed by atoms with van der Waals surface area (Å²) in [5.74, 6) is 1.26. The third kappa shape index (κ3) is 3.31. The zero-order valence-corrected chi connectivity index (χ0v) is 11.2. The van der Waals surface area contributed by atoms with Gasteiger partial charge in [0, 0.05) is 18.0 Å². The molecule has 0 saturated carbocycles. The third-order valence-corrected chi connectivity index (χ3v) is 2.97. The Balaban J connectivity index is 2.01. The van der Waals surface area contributed by atoms with Gasteiger partial charge in [0.25, 0.3) is 0 Å². The van der Waals surface area contributed by atoms with Crippen molar-refractivity contribution in [3.05, 3.63) is 46.6 Å². The fraction of sp³-hybridized carbons (Fsp3) is 0.385. The number of aryl methyl sites for hydroxylation is 1. The molecule has 1 unspecified atom stereocenters. The first-order valence-corrected chi connectivity index (χ1v) is 6.35. The van der Waals surface area contributed by atoms with Gasteiger partial charge in [0.1, 0.15) is 0 Å². The Morgan fingerprint density at radius 3 is 2.89 bits per heavy atom. The Labute approximate surface area is 111 Å². The van der Waals surface area contributed by atoms with Crippen LogP contribution in [0.4, 0.5) is 0 Å². The lowest BCUT2D eigenvalue weighted by Gasteiger charge is -2.16. The zero-order chi connectivity index (χ0) is 13.0. The molecule has 0 aliphatic rings. The number of nitrogens with zero attached hydrogens (tertiary/aromatic N) is 2. The molecule has 0 amide bonds. The Kier molecular flexibility index (Phi) is 4.33. The molecule has 5 heteroatoms. The van der Waals surface area contributed by atoms with E-state index >= 15 is 0 Å². The van der Waals surface area contributed by atoms with E-state index in [-0.39, 0.29) is 6.04 Å². The van der Waals surface area contributed by atoms with Gasteiger partial charge in [-0.2, -0.15) is 4.98 Å². The molecule has 0 saturated heterocycles. The second-order valence-electron chi connectivity index (χ2n) is 4.13. The van der Waals surface area contributed by atoms with E-state index in [1.807, 2.05) is 18.2 Å². The monoisotopic (exact) mass is 265 g/mol. The predicted molar refractivity (Wildman–Crippen MR) is 70.4 cm³/mol. The second-order valence-corrected chi connectivity index (χ2v) is 4.56. The summed E-state index contributed by atoms with van der Waals surface area (Å²) in [5, 5.41) is 8.01. The molecule has 1 aromatic carbocycles. The van der Waals surface area contributed by atoms with Crippen LogP contribution in [-0.2, 0) is 6.54 Å². The van der Waals surface area contributed by atoms with Crippen molar-refractivity contribution in [2.24, 2.45) is 0 Å². The molecular formula is C13H16ClN3O. The van der Waals surface area contributed by atoms with Crippen LogP contribution >= 0.6 is 11.6 Å². The summed E-state index contributed by atoms with van der Waals surface area (Å²) in [5.41, 5.74) is 1.17. The van der Waals surface area contributed by atoms with E-state index < -0.39 is 0 Å². The molecule has 18 heavy (non-hydrogen) atoms. The van der Waals surface area contributed by atoms with Crippen molar-refractivity contribution in [1.29, 1.82) is 0 Å². The number of aromatic nitrogens is 2. The molecule has 96 valence electrons. The Morgan fingerprint density at radius 1 is 1.44 bits per heavy atom. The van der Waals surface area contributed by atoms with E-state index in [0.717, 1.165) is 11.4 Å². The summed E-state index contributed by atoms with van der Waals surface area (Å²) >= 11 is 6.00. The molecule has 1 aromatic heterocycles. The summed E-state index contributed by atoms with van der Waals surface area (Å²) in [6.07, 6.45) is 0.969. The van der Waals surface area contributed by atoms with Crippen molar-refractivity contribution in [1.82, 2.24) is 15.5 Å². The second kappa shape index (κ2) is 5.98. The molecule has 0 aliphatic heterocycles. The number of hydrogen-bond acceptors (Lipinski definition) is 4. The van der Waals surface area contributed by atoms with Crippen molar-refractivity contribution >= 4 is 11.6 Å². The number of rotatable bonds is 5. The fourth-order valence-corrected chi connectivity index (χ4v) is 2.05. The highest BCUT2D eigenvalue weighted by Crippen LogP contribution is 2.20. The summed E-state index contributed by atoms with van der Waals surface area (Å²) in [6.45, 7) is 4.49. The predicted octanol–water partition coefficient (Wildman–Crippen LogP) is 3.27. The molecule has 2 aromatic rings. The number of benzene rings is 1.